The molecule has 0 saturated heterocycles. The highest BCUT2D eigenvalue weighted by Gasteiger charge is 2.06. The molecule has 3 aromatic rings. The molecular weight excluding hydrogens is 372 g/mol. The Kier molecular flexibility index (Phi) is 7.44. The number of nitrogens with one attached hydrogen (secondary N) is 1. The van der Waals surface area contributed by atoms with Crippen LogP contribution in [0.15, 0.2) is 72.9 Å². The van der Waals surface area contributed by atoms with Crippen LogP contribution in [0, 0.1) is 0 Å². The number of aromatic nitrogens is 1. The second kappa shape index (κ2) is 10.5. The number of benzene rings is 2. The summed E-state index contributed by atoms with van der Waals surface area (Å²) in [6, 6.07) is 20.6. The standard InChI is InChI=1S/C23H23ClN2O2/c24-16-6-2-3-7-18-10-13-21(14-11-18)28-22-15-12-20(17-25-22)26-23(27)19-8-4-1-5-9-19/h1,4-5,8-15,17H,2-3,6-7,16H2,(H,26,27). The molecule has 0 unspecified atom stereocenters. The van der Waals surface area contributed by atoms with Gasteiger partial charge in [-0.1, -0.05) is 36.8 Å². The quantitative estimate of drug-likeness (QED) is 0.353. The summed E-state index contributed by atoms with van der Waals surface area (Å²) in [5.74, 6) is 1.78. The molecule has 4 nitrogen and oxygen atoms in total. The molecule has 0 spiro atoms. The monoisotopic (exact) mass is 394 g/mol. The second-order valence-electron chi connectivity index (χ2n) is 6.45. The van der Waals surface area contributed by atoms with E-state index >= 15 is 0 Å². The Morgan fingerprint density at radius 3 is 2.39 bits per heavy atom. The fraction of sp³-hybridized carbons (Fsp3) is 0.217. The van der Waals surface area contributed by atoms with Gasteiger partial charge in [0.1, 0.15) is 5.75 Å². The van der Waals surface area contributed by atoms with Gasteiger partial charge in [-0.15, -0.1) is 11.6 Å². The number of ether oxygens (including phenoxy) is 1. The number of unbranched alkanes of at least 4 members (excludes halogenated alkanes) is 2. The van der Waals surface area contributed by atoms with Gasteiger partial charge in [0.25, 0.3) is 5.91 Å². The minimum Gasteiger partial charge on any atom is -0.439 e. The highest BCUT2D eigenvalue weighted by molar-refractivity contribution is 6.17. The molecule has 1 aromatic heterocycles. The van der Waals surface area contributed by atoms with Crippen LogP contribution in [0.3, 0.4) is 0 Å². The van der Waals surface area contributed by atoms with Crippen molar-refractivity contribution in [3.63, 3.8) is 0 Å². The van der Waals surface area contributed by atoms with Gasteiger partial charge in [-0.05, 0) is 55.2 Å². The van der Waals surface area contributed by atoms with Gasteiger partial charge in [0.2, 0.25) is 5.88 Å². The third kappa shape index (κ3) is 6.10. The summed E-state index contributed by atoms with van der Waals surface area (Å²) in [6.07, 6.45) is 5.99. The van der Waals surface area contributed by atoms with Crippen molar-refractivity contribution in [2.75, 3.05) is 11.2 Å². The third-order valence-electron chi connectivity index (χ3n) is 4.28. The molecule has 0 bridgehead atoms. The van der Waals surface area contributed by atoms with Crippen LogP contribution in [0.5, 0.6) is 11.6 Å². The van der Waals surface area contributed by atoms with Crippen LogP contribution in [-0.2, 0) is 6.42 Å². The second-order valence-corrected chi connectivity index (χ2v) is 6.83. The first-order chi connectivity index (χ1) is 13.7. The number of hydrogen-bond acceptors (Lipinski definition) is 3. The summed E-state index contributed by atoms with van der Waals surface area (Å²) in [6.45, 7) is 0. The van der Waals surface area contributed by atoms with Crippen molar-refractivity contribution < 1.29 is 9.53 Å². The van der Waals surface area contributed by atoms with E-state index in [1.165, 1.54) is 5.56 Å². The van der Waals surface area contributed by atoms with Crippen molar-refractivity contribution in [1.82, 2.24) is 4.98 Å². The zero-order valence-electron chi connectivity index (χ0n) is 15.6. The first-order valence-electron chi connectivity index (χ1n) is 9.40. The predicted octanol–water partition coefficient (Wildman–Crippen LogP) is 6.08. The number of carbonyl (C=O) groups excluding carboxylic acids is 1. The lowest BCUT2D eigenvalue weighted by molar-refractivity contribution is 0.102. The fourth-order valence-corrected chi connectivity index (χ4v) is 2.94. The van der Waals surface area contributed by atoms with E-state index in [1.807, 2.05) is 30.3 Å². The number of carbonyl (C=O) groups is 1. The highest BCUT2D eigenvalue weighted by Crippen LogP contribution is 2.22. The highest BCUT2D eigenvalue weighted by atomic mass is 35.5. The van der Waals surface area contributed by atoms with E-state index in [0.717, 1.165) is 37.3 Å². The average molecular weight is 395 g/mol. The van der Waals surface area contributed by atoms with Gasteiger partial charge in [-0.3, -0.25) is 4.79 Å². The van der Waals surface area contributed by atoms with E-state index in [4.69, 9.17) is 16.3 Å². The van der Waals surface area contributed by atoms with Crippen molar-refractivity contribution in [3.8, 4) is 11.6 Å². The van der Waals surface area contributed by atoms with E-state index in [9.17, 15) is 4.79 Å². The van der Waals surface area contributed by atoms with Gasteiger partial charge in [0.15, 0.2) is 0 Å². The van der Waals surface area contributed by atoms with Crippen molar-refractivity contribution >= 4 is 23.2 Å². The molecular formula is C23H23ClN2O2. The molecule has 0 atom stereocenters. The van der Waals surface area contributed by atoms with Crippen molar-refractivity contribution in [2.24, 2.45) is 0 Å². The average Bonchev–Trinajstić information content (AvgIpc) is 2.74. The molecule has 144 valence electrons. The summed E-state index contributed by atoms with van der Waals surface area (Å²) >= 11 is 5.70. The van der Waals surface area contributed by atoms with Gasteiger partial charge in [-0.25, -0.2) is 4.98 Å². The molecule has 0 aliphatic carbocycles. The van der Waals surface area contributed by atoms with Crippen LogP contribution < -0.4 is 10.1 Å². The summed E-state index contributed by atoms with van der Waals surface area (Å²) in [7, 11) is 0. The van der Waals surface area contributed by atoms with Crippen LogP contribution in [0.1, 0.15) is 35.2 Å². The maximum Gasteiger partial charge on any atom is 0.255 e. The number of nitrogens with zero attached hydrogens (tertiary/aromatic N) is 1. The minimum atomic E-state index is -0.169. The molecule has 0 radical (unpaired) electrons. The Hall–Kier alpha value is -2.85. The van der Waals surface area contributed by atoms with E-state index < -0.39 is 0 Å². The van der Waals surface area contributed by atoms with E-state index in [0.29, 0.717) is 17.1 Å². The van der Waals surface area contributed by atoms with Gasteiger partial charge in [0.05, 0.1) is 11.9 Å². The largest absolute Gasteiger partial charge is 0.439 e. The number of alkyl halides is 1. The number of rotatable bonds is 9. The normalized spacial score (nSPS) is 10.5. The Bertz CT molecular complexity index is 865. The lowest BCUT2D eigenvalue weighted by Crippen LogP contribution is -2.11. The lowest BCUT2D eigenvalue weighted by Gasteiger charge is -2.08. The Labute approximate surface area is 170 Å². The molecule has 5 heteroatoms. The van der Waals surface area contributed by atoms with E-state index in [-0.39, 0.29) is 5.91 Å². The van der Waals surface area contributed by atoms with E-state index in [1.54, 1.807) is 30.5 Å². The molecule has 1 amide bonds. The number of anilines is 1. The molecule has 1 N–H and O–H groups in total. The van der Waals surface area contributed by atoms with Crippen LogP contribution in [0.25, 0.3) is 0 Å². The summed E-state index contributed by atoms with van der Waals surface area (Å²) in [5, 5.41) is 2.82. The first kappa shape index (κ1) is 19.9. The molecule has 2 aromatic carbocycles. The Morgan fingerprint density at radius 2 is 1.71 bits per heavy atom. The van der Waals surface area contributed by atoms with Crippen LogP contribution in [0.2, 0.25) is 0 Å². The molecule has 0 aliphatic heterocycles. The molecule has 0 aliphatic rings. The van der Waals surface area contributed by atoms with Crippen molar-refractivity contribution in [3.05, 3.63) is 84.1 Å². The predicted molar refractivity (Wildman–Crippen MR) is 113 cm³/mol. The lowest BCUT2D eigenvalue weighted by atomic mass is 10.1. The molecule has 3 rings (SSSR count). The van der Waals surface area contributed by atoms with Crippen LogP contribution in [0.4, 0.5) is 5.69 Å². The fourth-order valence-electron chi connectivity index (χ4n) is 2.75. The Morgan fingerprint density at radius 1 is 0.929 bits per heavy atom. The molecule has 0 fully saturated rings. The Balaban J connectivity index is 1.52. The summed E-state index contributed by atoms with van der Waals surface area (Å²) < 4.78 is 5.78. The maximum atomic E-state index is 12.2. The number of pyridine rings is 1. The molecule has 1 heterocycles. The van der Waals surface area contributed by atoms with Crippen molar-refractivity contribution in [2.45, 2.75) is 25.7 Å². The van der Waals surface area contributed by atoms with Gasteiger partial charge >= 0.3 is 0 Å². The maximum absolute atomic E-state index is 12.2. The van der Waals surface area contributed by atoms with Gasteiger partial charge in [0, 0.05) is 17.5 Å². The first-order valence-corrected chi connectivity index (χ1v) is 9.93. The topological polar surface area (TPSA) is 51.2 Å². The smallest absolute Gasteiger partial charge is 0.255 e. The zero-order chi connectivity index (χ0) is 19.6. The zero-order valence-corrected chi connectivity index (χ0v) is 16.4. The molecule has 28 heavy (non-hydrogen) atoms. The van der Waals surface area contributed by atoms with Crippen LogP contribution >= 0.6 is 11.6 Å². The minimum absolute atomic E-state index is 0.169. The van der Waals surface area contributed by atoms with Gasteiger partial charge in [-0.2, -0.15) is 0 Å². The summed E-state index contributed by atoms with van der Waals surface area (Å²) in [4.78, 5) is 16.4. The summed E-state index contributed by atoms with van der Waals surface area (Å²) in [5.41, 5.74) is 2.51. The van der Waals surface area contributed by atoms with Gasteiger partial charge < -0.3 is 10.1 Å². The number of aryl methyl sites for hydroxylation is 1. The third-order valence-corrected chi connectivity index (χ3v) is 4.54. The number of amides is 1. The van der Waals surface area contributed by atoms with Crippen LogP contribution in [-0.4, -0.2) is 16.8 Å². The number of hydrogen-bond donors (Lipinski definition) is 1. The SMILES string of the molecule is O=C(Nc1ccc(Oc2ccc(CCCCCCl)cc2)nc1)c1ccccc1. The van der Waals surface area contributed by atoms with Crippen molar-refractivity contribution in [1.29, 1.82) is 0 Å². The van der Waals surface area contributed by atoms with E-state index in [2.05, 4.69) is 22.4 Å². The molecule has 0 saturated carbocycles. The number of halogens is 1.